The van der Waals surface area contributed by atoms with Crippen LogP contribution in [-0.4, -0.2) is 39.8 Å². The second kappa shape index (κ2) is 6.18. The van der Waals surface area contributed by atoms with E-state index in [0.717, 1.165) is 43.2 Å². The molecular formula is C17H24N4O. The van der Waals surface area contributed by atoms with Gasteiger partial charge in [-0.3, -0.25) is 15.0 Å². The molecule has 0 amide bonds. The average molecular weight is 300 g/mol. The molecule has 1 aliphatic rings. The van der Waals surface area contributed by atoms with Gasteiger partial charge in [-0.15, -0.1) is 0 Å². The van der Waals surface area contributed by atoms with Crippen LogP contribution in [0.5, 0.6) is 0 Å². The Morgan fingerprint density at radius 3 is 2.95 bits per heavy atom. The molecule has 0 bridgehead atoms. The molecule has 0 saturated carbocycles. The van der Waals surface area contributed by atoms with Gasteiger partial charge in [0, 0.05) is 48.7 Å². The molecule has 1 aliphatic heterocycles. The molecule has 2 aromatic rings. The highest BCUT2D eigenvalue weighted by atomic mass is 16.5. The normalized spacial score (nSPS) is 20.2. The van der Waals surface area contributed by atoms with Crippen LogP contribution < -0.4 is 0 Å². The van der Waals surface area contributed by atoms with Crippen LogP contribution in [0.3, 0.4) is 0 Å². The summed E-state index contributed by atoms with van der Waals surface area (Å²) in [5.41, 5.74) is 3.50. The summed E-state index contributed by atoms with van der Waals surface area (Å²) in [6, 6.07) is 6.21. The Morgan fingerprint density at radius 2 is 2.27 bits per heavy atom. The minimum absolute atomic E-state index is 0.0814. The van der Waals surface area contributed by atoms with Gasteiger partial charge in [-0.25, -0.2) is 0 Å². The van der Waals surface area contributed by atoms with Gasteiger partial charge in [-0.1, -0.05) is 26.8 Å². The van der Waals surface area contributed by atoms with Crippen LogP contribution in [0, 0.1) is 0 Å². The van der Waals surface area contributed by atoms with E-state index in [0.29, 0.717) is 0 Å². The Hall–Kier alpha value is -1.72. The number of nitrogens with one attached hydrogen (secondary N) is 1. The zero-order valence-electron chi connectivity index (χ0n) is 13.5. The molecule has 1 fully saturated rings. The first-order valence-electron chi connectivity index (χ1n) is 7.81. The number of H-pyrrole nitrogens is 1. The van der Waals surface area contributed by atoms with E-state index < -0.39 is 0 Å². The van der Waals surface area contributed by atoms with E-state index in [2.05, 4.69) is 53.0 Å². The third-order valence-electron chi connectivity index (χ3n) is 4.00. The molecule has 0 radical (unpaired) electrons. The molecule has 5 heteroatoms. The van der Waals surface area contributed by atoms with Crippen molar-refractivity contribution >= 4 is 0 Å². The molecule has 2 aromatic heterocycles. The Kier molecular flexibility index (Phi) is 4.27. The maximum atomic E-state index is 5.88. The number of pyridine rings is 1. The monoisotopic (exact) mass is 300 g/mol. The van der Waals surface area contributed by atoms with Crippen LogP contribution in [0.15, 0.2) is 30.6 Å². The van der Waals surface area contributed by atoms with Crippen LogP contribution in [0.4, 0.5) is 0 Å². The molecule has 0 aromatic carbocycles. The summed E-state index contributed by atoms with van der Waals surface area (Å²) < 4.78 is 5.88. The molecule has 118 valence electrons. The van der Waals surface area contributed by atoms with Crippen molar-refractivity contribution < 1.29 is 4.74 Å². The van der Waals surface area contributed by atoms with E-state index in [1.54, 1.807) is 6.20 Å². The fourth-order valence-corrected chi connectivity index (χ4v) is 2.68. The van der Waals surface area contributed by atoms with Gasteiger partial charge in [-0.05, 0) is 12.1 Å². The SMILES string of the molecule is CC(C)(C)c1cc(CN2CCOC(c3cccnc3)C2)[nH]n1. The lowest BCUT2D eigenvalue weighted by molar-refractivity contribution is -0.0334. The number of ether oxygens (including phenoxy) is 1. The standard InChI is InChI=1S/C17H24N4O/c1-17(2,3)16-9-14(19-20-16)11-21-7-8-22-15(12-21)13-5-4-6-18-10-13/h4-6,9-10,15H,7-8,11-12H2,1-3H3,(H,19,20). The highest BCUT2D eigenvalue weighted by Crippen LogP contribution is 2.24. The van der Waals surface area contributed by atoms with E-state index in [-0.39, 0.29) is 11.5 Å². The molecule has 1 atom stereocenters. The van der Waals surface area contributed by atoms with Gasteiger partial charge < -0.3 is 4.74 Å². The molecule has 3 heterocycles. The first-order valence-corrected chi connectivity index (χ1v) is 7.81. The summed E-state index contributed by atoms with van der Waals surface area (Å²) in [6.45, 7) is 10.00. The van der Waals surface area contributed by atoms with Gasteiger partial charge >= 0.3 is 0 Å². The molecular weight excluding hydrogens is 276 g/mol. The maximum absolute atomic E-state index is 5.88. The molecule has 0 spiro atoms. The minimum Gasteiger partial charge on any atom is -0.371 e. The van der Waals surface area contributed by atoms with Crippen LogP contribution in [0.2, 0.25) is 0 Å². The van der Waals surface area contributed by atoms with E-state index in [4.69, 9.17) is 4.74 Å². The van der Waals surface area contributed by atoms with Gasteiger partial charge in [0.25, 0.3) is 0 Å². The van der Waals surface area contributed by atoms with Gasteiger partial charge in [0.1, 0.15) is 0 Å². The predicted molar refractivity (Wildman–Crippen MR) is 85.5 cm³/mol. The second-order valence-electron chi connectivity index (χ2n) is 6.91. The number of morpholine rings is 1. The fraction of sp³-hybridized carbons (Fsp3) is 0.529. The smallest absolute Gasteiger partial charge is 0.0967 e. The van der Waals surface area contributed by atoms with Crippen molar-refractivity contribution in [3.8, 4) is 0 Å². The molecule has 1 saturated heterocycles. The molecule has 1 unspecified atom stereocenters. The fourth-order valence-electron chi connectivity index (χ4n) is 2.68. The van der Waals surface area contributed by atoms with Crippen molar-refractivity contribution in [1.82, 2.24) is 20.1 Å². The highest BCUT2D eigenvalue weighted by Gasteiger charge is 2.23. The van der Waals surface area contributed by atoms with Crippen LogP contribution in [0.1, 0.15) is 43.8 Å². The van der Waals surface area contributed by atoms with Crippen molar-refractivity contribution in [2.45, 2.75) is 38.8 Å². The Bertz CT molecular complexity index is 603. The quantitative estimate of drug-likeness (QED) is 0.947. The summed E-state index contributed by atoms with van der Waals surface area (Å²) in [5, 5.41) is 7.61. The number of aromatic amines is 1. The predicted octanol–water partition coefficient (Wildman–Crippen LogP) is 2.68. The molecule has 5 nitrogen and oxygen atoms in total. The highest BCUT2D eigenvalue weighted by molar-refractivity contribution is 5.17. The number of nitrogens with zero attached hydrogens (tertiary/aromatic N) is 3. The zero-order chi connectivity index (χ0) is 15.6. The summed E-state index contributed by atoms with van der Waals surface area (Å²) in [7, 11) is 0. The van der Waals surface area contributed by atoms with Crippen LogP contribution in [0.25, 0.3) is 0 Å². The largest absolute Gasteiger partial charge is 0.371 e. The lowest BCUT2D eigenvalue weighted by Gasteiger charge is -2.32. The van der Waals surface area contributed by atoms with Gasteiger partial charge in [0.05, 0.1) is 18.4 Å². The van der Waals surface area contributed by atoms with E-state index >= 15 is 0 Å². The zero-order valence-corrected chi connectivity index (χ0v) is 13.5. The van der Waals surface area contributed by atoms with Gasteiger partial charge in [0.2, 0.25) is 0 Å². The van der Waals surface area contributed by atoms with E-state index in [9.17, 15) is 0 Å². The Balaban J connectivity index is 1.64. The third-order valence-corrected chi connectivity index (χ3v) is 4.00. The Labute approximate surface area is 131 Å². The molecule has 0 aliphatic carbocycles. The lowest BCUT2D eigenvalue weighted by atomic mass is 9.92. The number of hydrogen-bond acceptors (Lipinski definition) is 4. The van der Waals surface area contributed by atoms with Crippen LogP contribution >= 0.6 is 0 Å². The van der Waals surface area contributed by atoms with Gasteiger partial charge in [0.15, 0.2) is 0 Å². The molecule has 3 rings (SSSR count). The van der Waals surface area contributed by atoms with Crippen molar-refractivity contribution in [2.75, 3.05) is 19.7 Å². The van der Waals surface area contributed by atoms with Crippen LogP contribution in [-0.2, 0) is 16.7 Å². The molecule has 22 heavy (non-hydrogen) atoms. The first kappa shape index (κ1) is 15.2. The number of hydrogen-bond donors (Lipinski definition) is 1. The minimum atomic E-state index is 0.0814. The van der Waals surface area contributed by atoms with Crippen molar-refractivity contribution in [3.05, 3.63) is 47.5 Å². The van der Waals surface area contributed by atoms with Crippen molar-refractivity contribution in [2.24, 2.45) is 0 Å². The number of aromatic nitrogens is 3. The summed E-state index contributed by atoms with van der Waals surface area (Å²) >= 11 is 0. The summed E-state index contributed by atoms with van der Waals surface area (Å²) in [5.74, 6) is 0. The second-order valence-corrected chi connectivity index (χ2v) is 6.91. The Morgan fingerprint density at radius 1 is 1.41 bits per heavy atom. The molecule has 1 N–H and O–H groups in total. The maximum Gasteiger partial charge on any atom is 0.0967 e. The first-order chi connectivity index (χ1) is 10.5. The van der Waals surface area contributed by atoms with E-state index in [1.807, 2.05) is 12.3 Å². The number of rotatable bonds is 3. The van der Waals surface area contributed by atoms with Crippen molar-refractivity contribution in [1.29, 1.82) is 0 Å². The summed E-state index contributed by atoms with van der Waals surface area (Å²) in [6.07, 6.45) is 3.79. The topological polar surface area (TPSA) is 54.0 Å². The van der Waals surface area contributed by atoms with E-state index in [1.165, 1.54) is 0 Å². The third kappa shape index (κ3) is 3.54. The average Bonchev–Trinajstić information content (AvgIpc) is 2.97. The lowest BCUT2D eigenvalue weighted by Crippen LogP contribution is -2.37. The summed E-state index contributed by atoms with van der Waals surface area (Å²) in [4.78, 5) is 6.59. The van der Waals surface area contributed by atoms with Gasteiger partial charge in [-0.2, -0.15) is 5.10 Å². The van der Waals surface area contributed by atoms with Crippen molar-refractivity contribution in [3.63, 3.8) is 0 Å².